The van der Waals surface area contributed by atoms with E-state index in [0.29, 0.717) is 22.5 Å². The van der Waals surface area contributed by atoms with Crippen LogP contribution in [-0.2, 0) is 4.74 Å². The second-order valence-corrected chi connectivity index (χ2v) is 4.83. The topological polar surface area (TPSA) is 68.9 Å². The molecule has 0 amide bonds. The van der Waals surface area contributed by atoms with Crippen LogP contribution in [0.25, 0.3) is 11.0 Å². The highest BCUT2D eigenvalue weighted by molar-refractivity contribution is 5.79. The highest BCUT2D eigenvalue weighted by Gasteiger charge is 2.25. The third kappa shape index (κ3) is 2.99. The Labute approximate surface area is 122 Å². The van der Waals surface area contributed by atoms with Crippen molar-refractivity contribution in [3.05, 3.63) is 52.4 Å². The molecule has 0 radical (unpaired) electrons. The summed E-state index contributed by atoms with van der Waals surface area (Å²) in [5, 5.41) is 10.9. The molecule has 0 saturated carbocycles. The van der Waals surface area contributed by atoms with Gasteiger partial charge in [0.05, 0.1) is 7.11 Å². The third-order valence-electron chi connectivity index (χ3n) is 3.32. The number of ether oxygens (including phenoxy) is 2. The minimum atomic E-state index is -0.864. The minimum Gasteiger partial charge on any atom is -0.496 e. The second kappa shape index (κ2) is 6.11. The molecule has 112 valence electrons. The van der Waals surface area contributed by atoms with Crippen LogP contribution >= 0.6 is 0 Å². The van der Waals surface area contributed by atoms with Crippen molar-refractivity contribution in [3.8, 4) is 5.75 Å². The fourth-order valence-corrected chi connectivity index (χ4v) is 2.20. The standard InChI is InChI=1S/C16H18O5/c1-9(2)15(18)16(20-4)11-7-10-5-6-14(17)21-12(10)8-13(11)19-3/h5-8,15-16,18H,1H2,2-4H3. The SMILES string of the molecule is C=C(C)C(O)C(OC)c1cc2ccc(=O)oc2cc1OC. The normalized spacial score (nSPS) is 13.9. The van der Waals surface area contributed by atoms with E-state index in [-0.39, 0.29) is 0 Å². The summed E-state index contributed by atoms with van der Waals surface area (Å²) < 4.78 is 15.8. The van der Waals surface area contributed by atoms with Crippen molar-refractivity contribution in [2.75, 3.05) is 14.2 Å². The van der Waals surface area contributed by atoms with Crippen LogP contribution in [0.5, 0.6) is 5.75 Å². The summed E-state index contributed by atoms with van der Waals surface area (Å²) in [7, 11) is 3.01. The lowest BCUT2D eigenvalue weighted by atomic mass is 9.97. The molecule has 0 saturated heterocycles. The van der Waals surface area contributed by atoms with Crippen molar-refractivity contribution < 1.29 is 19.0 Å². The first-order chi connectivity index (χ1) is 9.97. The van der Waals surface area contributed by atoms with Crippen LogP contribution in [0, 0.1) is 0 Å². The Morgan fingerprint density at radius 2 is 2.05 bits per heavy atom. The summed E-state index contributed by atoms with van der Waals surface area (Å²) in [5.74, 6) is 0.476. The van der Waals surface area contributed by atoms with E-state index in [4.69, 9.17) is 13.9 Å². The Morgan fingerprint density at radius 1 is 1.33 bits per heavy atom. The van der Waals surface area contributed by atoms with Gasteiger partial charge in [0.2, 0.25) is 0 Å². The molecule has 1 aromatic heterocycles. The van der Waals surface area contributed by atoms with Crippen molar-refractivity contribution >= 4 is 11.0 Å². The maximum atomic E-state index is 11.3. The van der Waals surface area contributed by atoms with E-state index in [2.05, 4.69) is 6.58 Å². The molecule has 1 N–H and O–H groups in total. The van der Waals surface area contributed by atoms with Gasteiger partial charge in [0, 0.05) is 30.2 Å². The Balaban J connectivity index is 2.63. The maximum Gasteiger partial charge on any atom is 0.336 e. The van der Waals surface area contributed by atoms with E-state index in [9.17, 15) is 9.90 Å². The summed E-state index contributed by atoms with van der Waals surface area (Å²) in [6.07, 6.45) is -1.48. The van der Waals surface area contributed by atoms with Crippen LogP contribution in [0.15, 0.2) is 45.6 Å². The van der Waals surface area contributed by atoms with Crippen LogP contribution in [0.4, 0.5) is 0 Å². The zero-order valence-corrected chi connectivity index (χ0v) is 12.3. The van der Waals surface area contributed by atoms with E-state index in [0.717, 1.165) is 5.39 Å². The van der Waals surface area contributed by atoms with Gasteiger partial charge in [-0.15, -0.1) is 0 Å². The highest BCUT2D eigenvalue weighted by atomic mass is 16.5. The molecule has 0 aliphatic carbocycles. The van der Waals surface area contributed by atoms with Crippen molar-refractivity contribution in [1.82, 2.24) is 0 Å². The van der Waals surface area contributed by atoms with Gasteiger partial charge in [0.15, 0.2) is 0 Å². The summed E-state index contributed by atoms with van der Waals surface area (Å²) in [6.45, 7) is 5.47. The lowest BCUT2D eigenvalue weighted by Gasteiger charge is -2.24. The first-order valence-electron chi connectivity index (χ1n) is 6.46. The Kier molecular flexibility index (Phi) is 4.45. The first-order valence-corrected chi connectivity index (χ1v) is 6.46. The first kappa shape index (κ1) is 15.3. The monoisotopic (exact) mass is 290 g/mol. The average Bonchev–Trinajstić information content (AvgIpc) is 2.47. The smallest absolute Gasteiger partial charge is 0.336 e. The molecule has 5 heteroatoms. The van der Waals surface area contributed by atoms with Crippen LogP contribution in [-0.4, -0.2) is 25.4 Å². The number of aliphatic hydroxyl groups excluding tert-OH is 1. The van der Waals surface area contributed by atoms with Crippen molar-refractivity contribution in [3.63, 3.8) is 0 Å². The largest absolute Gasteiger partial charge is 0.496 e. The molecule has 0 aliphatic rings. The fraction of sp³-hybridized carbons (Fsp3) is 0.312. The minimum absolute atomic E-state index is 0.419. The van der Waals surface area contributed by atoms with Gasteiger partial charge >= 0.3 is 5.63 Å². The van der Waals surface area contributed by atoms with Gasteiger partial charge in [-0.2, -0.15) is 0 Å². The van der Waals surface area contributed by atoms with Crippen LogP contribution in [0.2, 0.25) is 0 Å². The Morgan fingerprint density at radius 3 is 2.62 bits per heavy atom. The van der Waals surface area contributed by atoms with Gasteiger partial charge in [0.1, 0.15) is 23.5 Å². The lowest BCUT2D eigenvalue weighted by Crippen LogP contribution is -2.21. The summed E-state index contributed by atoms with van der Waals surface area (Å²) in [5.41, 5.74) is 1.24. The highest BCUT2D eigenvalue weighted by Crippen LogP contribution is 2.34. The molecule has 0 spiro atoms. The molecule has 2 aromatic rings. The predicted molar refractivity (Wildman–Crippen MR) is 79.6 cm³/mol. The van der Waals surface area contributed by atoms with Crippen molar-refractivity contribution in [2.45, 2.75) is 19.1 Å². The summed E-state index contributed by atoms with van der Waals surface area (Å²) in [4.78, 5) is 11.3. The van der Waals surface area contributed by atoms with E-state index < -0.39 is 17.8 Å². The molecular weight excluding hydrogens is 272 g/mol. The summed E-state index contributed by atoms with van der Waals surface area (Å²) >= 11 is 0. The molecule has 5 nitrogen and oxygen atoms in total. The molecule has 21 heavy (non-hydrogen) atoms. The third-order valence-corrected chi connectivity index (χ3v) is 3.32. The van der Waals surface area contributed by atoms with Crippen molar-refractivity contribution in [2.24, 2.45) is 0 Å². The molecule has 0 fully saturated rings. The number of methoxy groups -OCH3 is 2. The quantitative estimate of drug-likeness (QED) is 0.676. The number of fused-ring (bicyclic) bond motifs is 1. The second-order valence-electron chi connectivity index (χ2n) is 4.83. The molecule has 2 unspecified atom stereocenters. The summed E-state index contributed by atoms with van der Waals surface area (Å²) in [6, 6.07) is 6.39. The van der Waals surface area contributed by atoms with E-state index >= 15 is 0 Å². The molecule has 1 heterocycles. The van der Waals surface area contributed by atoms with E-state index in [1.807, 2.05) is 0 Å². The van der Waals surface area contributed by atoms with Gasteiger partial charge in [0.25, 0.3) is 0 Å². The molecule has 2 atom stereocenters. The number of rotatable bonds is 5. The van der Waals surface area contributed by atoms with Gasteiger partial charge < -0.3 is 19.0 Å². The molecule has 0 aliphatic heterocycles. The number of benzene rings is 1. The number of hydrogen-bond acceptors (Lipinski definition) is 5. The predicted octanol–water partition coefficient (Wildman–Crippen LogP) is 2.43. The Bertz CT molecular complexity index is 716. The van der Waals surface area contributed by atoms with Gasteiger partial charge in [-0.3, -0.25) is 0 Å². The van der Waals surface area contributed by atoms with E-state index in [1.165, 1.54) is 20.3 Å². The van der Waals surface area contributed by atoms with Gasteiger partial charge in [-0.05, 0) is 24.6 Å². The van der Waals surface area contributed by atoms with Gasteiger partial charge in [-0.1, -0.05) is 6.58 Å². The van der Waals surface area contributed by atoms with Crippen molar-refractivity contribution in [1.29, 1.82) is 0 Å². The van der Waals surface area contributed by atoms with E-state index in [1.54, 1.807) is 25.1 Å². The molecule has 0 bridgehead atoms. The Hall–Kier alpha value is -2.11. The zero-order chi connectivity index (χ0) is 15.6. The number of aliphatic hydroxyl groups is 1. The number of hydrogen-bond donors (Lipinski definition) is 1. The average molecular weight is 290 g/mol. The maximum absolute atomic E-state index is 11.3. The van der Waals surface area contributed by atoms with Crippen LogP contribution in [0.3, 0.4) is 0 Å². The lowest BCUT2D eigenvalue weighted by molar-refractivity contribution is 0.00428. The zero-order valence-electron chi connectivity index (χ0n) is 12.3. The van der Waals surface area contributed by atoms with Gasteiger partial charge in [-0.25, -0.2) is 4.79 Å². The van der Waals surface area contributed by atoms with Crippen LogP contribution in [0.1, 0.15) is 18.6 Å². The molecular formula is C16H18O5. The molecule has 2 rings (SSSR count). The molecule has 1 aromatic carbocycles. The van der Waals surface area contributed by atoms with Crippen LogP contribution < -0.4 is 10.4 Å². The fourth-order valence-electron chi connectivity index (χ4n) is 2.20.